The number of benzene rings is 1. The molecule has 0 radical (unpaired) electrons. The summed E-state index contributed by atoms with van der Waals surface area (Å²) in [5.74, 6) is 1.45. The average molecular weight is 384 g/mol. The van der Waals surface area contributed by atoms with E-state index in [0.29, 0.717) is 10.9 Å². The van der Waals surface area contributed by atoms with Gasteiger partial charge in [-0.1, -0.05) is 11.6 Å². The molecular weight excluding hydrogens is 362 g/mol. The summed E-state index contributed by atoms with van der Waals surface area (Å²) in [6, 6.07) is 11.6. The molecule has 0 N–H and O–H groups in total. The molecule has 1 saturated heterocycles. The smallest absolute Gasteiger partial charge is 0.161 e. The second-order valence-corrected chi connectivity index (χ2v) is 7.24. The zero-order valence-corrected chi connectivity index (χ0v) is 16.2. The predicted octanol–water partition coefficient (Wildman–Crippen LogP) is 4.43. The van der Waals surface area contributed by atoms with Gasteiger partial charge in [-0.2, -0.15) is 0 Å². The lowest BCUT2D eigenvalue weighted by Gasteiger charge is -2.30. The zero-order chi connectivity index (χ0) is 18.8. The number of fused-ring (bicyclic) bond motifs is 1. The van der Waals surface area contributed by atoms with Gasteiger partial charge in [-0.15, -0.1) is 0 Å². The molecule has 1 atom stereocenters. The van der Waals surface area contributed by atoms with Gasteiger partial charge in [0.15, 0.2) is 11.5 Å². The molecule has 0 aliphatic carbocycles. The Labute approximate surface area is 163 Å². The summed E-state index contributed by atoms with van der Waals surface area (Å²) in [4.78, 5) is 11.2. The van der Waals surface area contributed by atoms with Crippen LogP contribution in [0.4, 0.5) is 0 Å². The Hall–Kier alpha value is -2.37. The largest absolute Gasteiger partial charge is 0.493 e. The van der Waals surface area contributed by atoms with Crippen LogP contribution in [0.3, 0.4) is 0 Å². The van der Waals surface area contributed by atoms with Gasteiger partial charge in [-0.3, -0.25) is 4.98 Å². The number of hydrogen-bond donors (Lipinski definition) is 0. The summed E-state index contributed by atoms with van der Waals surface area (Å²) in [5.41, 5.74) is 2.49. The van der Waals surface area contributed by atoms with E-state index in [4.69, 9.17) is 21.1 Å². The maximum absolute atomic E-state index is 6.35. The number of pyridine rings is 2. The number of nitrogens with zero attached hydrogens (tertiary/aromatic N) is 3. The fourth-order valence-corrected chi connectivity index (χ4v) is 3.75. The number of piperidine rings is 1. The van der Waals surface area contributed by atoms with Crippen molar-refractivity contribution in [1.29, 1.82) is 0 Å². The molecule has 1 unspecified atom stereocenters. The zero-order valence-electron chi connectivity index (χ0n) is 15.5. The SMILES string of the molecule is COc1cc(-c2cc3ncccc3c(Cl)n2)ccc1OC1CCCN(C)C1. The molecule has 0 bridgehead atoms. The second-order valence-electron chi connectivity index (χ2n) is 6.88. The fourth-order valence-electron chi connectivity index (χ4n) is 3.50. The summed E-state index contributed by atoms with van der Waals surface area (Å²) in [7, 11) is 3.78. The van der Waals surface area contributed by atoms with Crippen molar-refractivity contribution in [3.05, 3.63) is 47.7 Å². The number of likely N-dealkylation sites (tertiary alicyclic amines) is 1. The first-order chi connectivity index (χ1) is 13.1. The summed E-state index contributed by atoms with van der Waals surface area (Å²) in [6.07, 6.45) is 4.14. The van der Waals surface area contributed by atoms with E-state index in [0.717, 1.165) is 53.8 Å². The highest BCUT2D eigenvalue weighted by atomic mass is 35.5. The Kier molecular flexibility index (Phi) is 5.14. The van der Waals surface area contributed by atoms with E-state index in [2.05, 4.69) is 21.9 Å². The van der Waals surface area contributed by atoms with Crippen molar-refractivity contribution < 1.29 is 9.47 Å². The van der Waals surface area contributed by atoms with Crippen molar-refractivity contribution in [3.8, 4) is 22.8 Å². The third kappa shape index (κ3) is 3.84. The number of methoxy groups -OCH3 is 1. The van der Waals surface area contributed by atoms with E-state index in [-0.39, 0.29) is 6.10 Å². The fraction of sp³-hybridized carbons (Fsp3) is 0.333. The standard InChI is InChI=1S/C21H22ClN3O2/c1-25-10-4-5-15(13-25)27-19-8-7-14(11-20(19)26-2)17-12-18-16(21(22)24-17)6-3-9-23-18/h3,6-9,11-12,15H,4-5,10,13H2,1-2H3. The van der Waals surface area contributed by atoms with E-state index >= 15 is 0 Å². The number of likely N-dealkylation sites (N-methyl/N-ethyl adjacent to an activating group) is 1. The van der Waals surface area contributed by atoms with Crippen molar-refractivity contribution in [2.24, 2.45) is 0 Å². The lowest BCUT2D eigenvalue weighted by molar-refractivity contribution is 0.101. The van der Waals surface area contributed by atoms with Gasteiger partial charge in [-0.05, 0) is 62.8 Å². The molecule has 5 nitrogen and oxygen atoms in total. The third-order valence-corrected chi connectivity index (χ3v) is 5.18. The molecule has 4 rings (SSSR count). The van der Waals surface area contributed by atoms with Crippen LogP contribution in [0.15, 0.2) is 42.6 Å². The van der Waals surface area contributed by atoms with Crippen molar-refractivity contribution >= 4 is 22.5 Å². The molecule has 1 fully saturated rings. The van der Waals surface area contributed by atoms with Crippen LogP contribution in [-0.2, 0) is 0 Å². The minimum absolute atomic E-state index is 0.181. The molecule has 0 amide bonds. The van der Waals surface area contributed by atoms with E-state index < -0.39 is 0 Å². The summed E-state index contributed by atoms with van der Waals surface area (Å²) in [6.45, 7) is 2.05. The van der Waals surface area contributed by atoms with E-state index in [1.165, 1.54) is 0 Å². The molecule has 1 aliphatic heterocycles. The molecule has 1 aliphatic rings. The lowest BCUT2D eigenvalue weighted by Crippen LogP contribution is -2.38. The number of aromatic nitrogens is 2. The first-order valence-electron chi connectivity index (χ1n) is 9.09. The Morgan fingerprint density at radius 3 is 2.89 bits per heavy atom. The quantitative estimate of drug-likeness (QED) is 0.623. The highest BCUT2D eigenvalue weighted by Gasteiger charge is 2.20. The Balaban J connectivity index is 1.65. The number of rotatable bonds is 4. The van der Waals surface area contributed by atoms with Crippen LogP contribution < -0.4 is 9.47 Å². The van der Waals surface area contributed by atoms with Gasteiger partial charge in [0, 0.05) is 23.7 Å². The van der Waals surface area contributed by atoms with Gasteiger partial charge in [0.05, 0.1) is 18.3 Å². The van der Waals surface area contributed by atoms with Crippen molar-refractivity contribution in [3.63, 3.8) is 0 Å². The Morgan fingerprint density at radius 2 is 2.07 bits per heavy atom. The predicted molar refractivity (Wildman–Crippen MR) is 108 cm³/mol. The maximum atomic E-state index is 6.35. The minimum atomic E-state index is 0.181. The molecule has 3 heterocycles. The maximum Gasteiger partial charge on any atom is 0.161 e. The molecule has 6 heteroatoms. The molecule has 140 valence electrons. The van der Waals surface area contributed by atoms with Crippen molar-refractivity contribution in [2.45, 2.75) is 18.9 Å². The van der Waals surface area contributed by atoms with Crippen LogP contribution in [0.5, 0.6) is 11.5 Å². The molecule has 3 aromatic rings. The number of halogens is 1. The first-order valence-corrected chi connectivity index (χ1v) is 9.47. The van der Waals surface area contributed by atoms with E-state index in [9.17, 15) is 0 Å². The molecule has 0 spiro atoms. The molecule has 1 aromatic carbocycles. The topological polar surface area (TPSA) is 47.5 Å². The van der Waals surface area contributed by atoms with Gasteiger partial charge in [0.1, 0.15) is 11.3 Å². The van der Waals surface area contributed by atoms with Crippen LogP contribution in [-0.4, -0.2) is 48.2 Å². The number of hydrogen-bond acceptors (Lipinski definition) is 5. The van der Waals surface area contributed by atoms with Crippen LogP contribution in [0.2, 0.25) is 5.15 Å². The average Bonchev–Trinajstić information content (AvgIpc) is 2.68. The van der Waals surface area contributed by atoms with E-state index in [1.54, 1.807) is 13.3 Å². The van der Waals surface area contributed by atoms with Gasteiger partial charge >= 0.3 is 0 Å². The monoisotopic (exact) mass is 383 g/mol. The van der Waals surface area contributed by atoms with Crippen molar-refractivity contribution in [2.75, 3.05) is 27.2 Å². The number of ether oxygens (including phenoxy) is 2. The highest BCUT2D eigenvalue weighted by molar-refractivity contribution is 6.34. The molecule has 0 saturated carbocycles. The summed E-state index contributed by atoms with van der Waals surface area (Å²) < 4.78 is 11.8. The van der Waals surface area contributed by atoms with E-state index in [1.807, 2.05) is 36.4 Å². The van der Waals surface area contributed by atoms with Crippen molar-refractivity contribution in [1.82, 2.24) is 14.9 Å². The lowest BCUT2D eigenvalue weighted by atomic mass is 10.1. The third-order valence-electron chi connectivity index (χ3n) is 4.89. The van der Waals surface area contributed by atoms with Gasteiger partial charge in [-0.25, -0.2) is 4.98 Å². The Bertz CT molecular complexity index is 963. The van der Waals surface area contributed by atoms with Gasteiger partial charge in [0.2, 0.25) is 0 Å². The molecule has 27 heavy (non-hydrogen) atoms. The van der Waals surface area contributed by atoms with Crippen LogP contribution in [0, 0.1) is 0 Å². The highest BCUT2D eigenvalue weighted by Crippen LogP contribution is 2.35. The molecule has 2 aromatic heterocycles. The molecular formula is C21H22ClN3O2. The normalized spacial score (nSPS) is 17.8. The van der Waals surface area contributed by atoms with Crippen LogP contribution in [0.25, 0.3) is 22.2 Å². The summed E-state index contributed by atoms with van der Waals surface area (Å²) >= 11 is 6.35. The van der Waals surface area contributed by atoms with Crippen LogP contribution >= 0.6 is 11.6 Å². The first kappa shape index (κ1) is 18.0. The van der Waals surface area contributed by atoms with Gasteiger partial charge < -0.3 is 14.4 Å². The second kappa shape index (κ2) is 7.71. The Morgan fingerprint density at radius 1 is 1.19 bits per heavy atom. The van der Waals surface area contributed by atoms with Gasteiger partial charge in [0.25, 0.3) is 0 Å². The minimum Gasteiger partial charge on any atom is -0.493 e. The summed E-state index contributed by atoms with van der Waals surface area (Å²) in [5, 5.41) is 1.29. The van der Waals surface area contributed by atoms with Crippen LogP contribution in [0.1, 0.15) is 12.8 Å².